The molecule has 0 unspecified atom stereocenters. The zero-order chi connectivity index (χ0) is 28.0. The number of rotatable bonds is 10. The molecular weight excluding hydrogens is 548 g/mol. The fraction of sp³-hybridized carbons (Fsp3) is 0.267. The summed E-state index contributed by atoms with van der Waals surface area (Å²) in [5, 5.41) is 3.40. The summed E-state index contributed by atoms with van der Waals surface area (Å²) < 4.78 is 34.7. The van der Waals surface area contributed by atoms with Gasteiger partial charge in [-0.3, -0.25) is 0 Å². The number of nitrogens with zero attached hydrogens (tertiary/aromatic N) is 3. The first-order chi connectivity index (χ1) is 19.4. The third-order valence-electron chi connectivity index (χ3n) is 6.73. The molecule has 0 bridgehead atoms. The number of hydrogen-bond donors (Lipinski definition) is 1. The molecule has 0 aliphatic carbocycles. The zero-order valence-electron chi connectivity index (χ0n) is 21.9. The highest BCUT2D eigenvalue weighted by Gasteiger charge is 2.28. The van der Waals surface area contributed by atoms with Crippen molar-refractivity contribution < 1.29 is 17.9 Å². The SMILES string of the molecule is O=C(Nc1cccc(Cl)c1)N(Cc1cnc(S(=O)(=O)Cc2ccccc2)n1Cc1ccccc1)C[C@H]1CCCO1. The lowest BCUT2D eigenvalue weighted by molar-refractivity contribution is 0.0813. The Morgan fingerprint density at radius 3 is 2.42 bits per heavy atom. The number of ether oxygens (including phenoxy) is 1. The molecule has 10 heteroatoms. The van der Waals surface area contributed by atoms with Crippen molar-refractivity contribution in [2.75, 3.05) is 18.5 Å². The predicted molar refractivity (Wildman–Crippen MR) is 155 cm³/mol. The Kier molecular flexibility index (Phi) is 8.84. The van der Waals surface area contributed by atoms with E-state index in [1.807, 2.05) is 48.5 Å². The Balaban J connectivity index is 1.47. The third kappa shape index (κ3) is 7.10. The summed E-state index contributed by atoms with van der Waals surface area (Å²) >= 11 is 6.12. The van der Waals surface area contributed by atoms with E-state index in [-0.39, 0.29) is 29.6 Å². The number of carbonyl (C=O) groups excluding carboxylic acids is 1. The molecule has 1 aliphatic heterocycles. The number of imidazole rings is 1. The van der Waals surface area contributed by atoms with Gasteiger partial charge >= 0.3 is 6.03 Å². The number of urea groups is 1. The van der Waals surface area contributed by atoms with Gasteiger partial charge in [0.1, 0.15) is 0 Å². The van der Waals surface area contributed by atoms with E-state index >= 15 is 0 Å². The number of hydrogen-bond acceptors (Lipinski definition) is 5. The van der Waals surface area contributed by atoms with Gasteiger partial charge in [-0.1, -0.05) is 78.3 Å². The van der Waals surface area contributed by atoms with Crippen LogP contribution in [0.3, 0.4) is 0 Å². The number of aromatic nitrogens is 2. The number of anilines is 1. The fourth-order valence-corrected chi connectivity index (χ4v) is 6.46. The molecule has 1 aliphatic rings. The lowest BCUT2D eigenvalue weighted by atomic mass is 10.2. The highest BCUT2D eigenvalue weighted by atomic mass is 35.5. The second kappa shape index (κ2) is 12.7. The Labute approximate surface area is 239 Å². The first-order valence-electron chi connectivity index (χ1n) is 13.2. The average molecular weight is 579 g/mol. The van der Waals surface area contributed by atoms with Crippen LogP contribution in [0.25, 0.3) is 0 Å². The minimum atomic E-state index is -3.78. The van der Waals surface area contributed by atoms with Gasteiger partial charge in [-0.05, 0) is 42.2 Å². The first kappa shape index (κ1) is 27.9. The van der Waals surface area contributed by atoms with Crippen molar-refractivity contribution >= 4 is 33.2 Å². The van der Waals surface area contributed by atoms with E-state index in [4.69, 9.17) is 16.3 Å². The van der Waals surface area contributed by atoms with E-state index < -0.39 is 9.84 Å². The number of benzene rings is 3. The van der Waals surface area contributed by atoms with Crippen LogP contribution in [0.15, 0.2) is 96.3 Å². The van der Waals surface area contributed by atoms with Crippen LogP contribution in [0.2, 0.25) is 5.02 Å². The summed E-state index contributed by atoms with van der Waals surface area (Å²) in [7, 11) is -3.78. The molecule has 2 amide bonds. The molecule has 0 radical (unpaired) electrons. The van der Waals surface area contributed by atoms with Gasteiger partial charge in [0.2, 0.25) is 15.0 Å². The van der Waals surface area contributed by atoms with Crippen LogP contribution in [-0.4, -0.2) is 48.2 Å². The summed E-state index contributed by atoms with van der Waals surface area (Å²) in [5.41, 5.74) is 2.78. The number of sulfone groups is 1. The Morgan fingerprint density at radius 2 is 1.75 bits per heavy atom. The molecule has 1 saturated heterocycles. The van der Waals surface area contributed by atoms with Crippen molar-refractivity contribution in [3.05, 3.63) is 113 Å². The molecular formula is C30H31ClN4O4S. The maximum absolute atomic E-state index is 13.6. The van der Waals surface area contributed by atoms with E-state index in [2.05, 4.69) is 10.3 Å². The van der Waals surface area contributed by atoms with Crippen molar-refractivity contribution in [3.8, 4) is 0 Å². The van der Waals surface area contributed by atoms with Crippen molar-refractivity contribution in [2.45, 2.75) is 42.9 Å². The summed E-state index contributed by atoms with van der Waals surface area (Å²) in [6.07, 6.45) is 3.23. The largest absolute Gasteiger partial charge is 0.376 e. The Bertz CT molecular complexity index is 1540. The number of halogens is 1. The van der Waals surface area contributed by atoms with Gasteiger partial charge in [0, 0.05) is 23.9 Å². The van der Waals surface area contributed by atoms with Crippen LogP contribution in [-0.2, 0) is 33.4 Å². The molecule has 5 rings (SSSR count). The van der Waals surface area contributed by atoms with Crippen LogP contribution in [0.5, 0.6) is 0 Å². The molecule has 0 saturated carbocycles. The van der Waals surface area contributed by atoms with E-state index in [1.165, 1.54) is 0 Å². The van der Waals surface area contributed by atoms with E-state index in [9.17, 15) is 13.2 Å². The van der Waals surface area contributed by atoms with E-state index in [1.54, 1.807) is 52.1 Å². The average Bonchev–Trinajstić information content (AvgIpc) is 3.60. The summed E-state index contributed by atoms with van der Waals surface area (Å²) in [5.74, 6) is -0.173. The van der Waals surface area contributed by atoms with Gasteiger partial charge in [0.05, 0.1) is 36.8 Å². The molecule has 1 fully saturated rings. The summed E-state index contributed by atoms with van der Waals surface area (Å²) in [4.78, 5) is 19.5. The molecule has 208 valence electrons. The summed E-state index contributed by atoms with van der Waals surface area (Å²) in [6, 6.07) is 25.3. The van der Waals surface area contributed by atoms with Gasteiger partial charge in [0.25, 0.3) is 0 Å². The molecule has 1 atom stereocenters. The molecule has 8 nitrogen and oxygen atoms in total. The van der Waals surface area contributed by atoms with Crippen LogP contribution in [0.4, 0.5) is 10.5 Å². The number of nitrogens with one attached hydrogen (secondary N) is 1. The van der Waals surface area contributed by atoms with Gasteiger partial charge in [-0.25, -0.2) is 18.2 Å². The van der Waals surface area contributed by atoms with Crippen molar-refractivity contribution in [1.82, 2.24) is 14.5 Å². The molecule has 1 N–H and O–H groups in total. The number of carbonyl (C=O) groups is 1. The van der Waals surface area contributed by atoms with Gasteiger partial charge in [0.15, 0.2) is 0 Å². The predicted octanol–water partition coefficient (Wildman–Crippen LogP) is 5.77. The second-order valence-electron chi connectivity index (χ2n) is 9.80. The van der Waals surface area contributed by atoms with Gasteiger partial charge in [-0.2, -0.15) is 0 Å². The van der Waals surface area contributed by atoms with Gasteiger partial charge < -0.3 is 19.5 Å². The lowest BCUT2D eigenvalue weighted by Crippen LogP contribution is -2.40. The lowest BCUT2D eigenvalue weighted by Gasteiger charge is -2.26. The van der Waals surface area contributed by atoms with Crippen LogP contribution >= 0.6 is 11.6 Å². The molecule has 1 aromatic heterocycles. The molecule has 3 aromatic carbocycles. The van der Waals surface area contributed by atoms with Crippen molar-refractivity contribution in [1.29, 1.82) is 0 Å². The number of amides is 2. The van der Waals surface area contributed by atoms with Crippen molar-refractivity contribution in [2.24, 2.45) is 0 Å². The Hall–Kier alpha value is -3.66. The maximum Gasteiger partial charge on any atom is 0.322 e. The van der Waals surface area contributed by atoms with E-state index in [0.29, 0.717) is 41.7 Å². The quantitative estimate of drug-likeness (QED) is 0.258. The topological polar surface area (TPSA) is 93.5 Å². The standard InChI is InChI=1S/C30H31ClN4O4S/c31-25-13-7-14-26(17-25)33-29(36)34(21-28-15-8-16-39-28)20-27-18-32-30(35(27)19-23-9-3-1-4-10-23)40(37,38)22-24-11-5-2-6-12-24/h1-7,9-14,17-18,28H,8,15-16,19-22H2,(H,33,36)/t28-/m1/s1. The maximum atomic E-state index is 13.6. The summed E-state index contributed by atoms with van der Waals surface area (Å²) in [6.45, 7) is 1.45. The molecule has 4 aromatic rings. The van der Waals surface area contributed by atoms with Gasteiger partial charge in [-0.15, -0.1) is 0 Å². The molecule has 2 heterocycles. The smallest absolute Gasteiger partial charge is 0.322 e. The monoisotopic (exact) mass is 578 g/mol. The highest BCUT2D eigenvalue weighted by molar-refractivity contribution is 7.90. The fourth-order valence-electron chi connectivity index (χ4n) is 4.78. The minimum absolute atomic E-state index is 0.0254. The van der Waals surface area contributed by atoms with Crippen molar-refractivity contribution in [3.63, 3.8) is 0 Å². The Morgan fingerprint density at radius 1 is 1.02 bits per heavy atom. The second-order valence-corrected chi connectivity index (χ2v) is 12.1. The van der Waals surface area contributed by atoms with E-state index in [0.717, 1.165) is 18.4 Å². The molecule has 0 spiro atoms. The first-order valence-corrected chi connectivity index (χ1v) is 15.2. The van der Waals surface area contributed by atoms with Crippen LogP contribution in [0, 0.1) is 0 Å². The minimum Gasteiger partial charge on any atom is -0.376 e. The normalized spacial score (nSPS) is 15.2. The zero-order valence-corrected chi connectivity index (χ0v) is 23.5. The third-order valence-corrected chi connectivity index (χ3v) is 8.56. The van der Waals surface area contributed by atoms with Crippen LogP contribution < -0.4 is 5.32 Å². The highest BCUT2D eigenvalue weighted by Crippen LogP contribution is 2.23. The van der Waals surface area contributed by atoms with Crippen LogP contribution in [0.1, 0.15) is 29.7 Å². The molecule has 40 heavy (non-hydrogen) atoms.